The molecule has 0 saturated heterocycles. The molecule has 0 amide bonds. The summed E-state index contributed by atoms with van der Waals surface area (Å²) in [6, 6.07) is 0. The lowest BCUT2D eigenvalue weighted by atomic mass is 9.57. The maximum atomic E-state index is 12.4. The van der Waals surface area contributed by atoms with Crippen molar-refractivity contribution in [1.29, 1.82) is 0 Å². The van der Waals surface area contributed by atoms with Crippen molar-refractivity contribution in [2.75, 3.05) is 6.26 Å². The summed E-state index contributed by atoms with van der Waals surface area (Å²) in [7, 11) is -1.50. The largest absolute Gasteiger partial charge is 0.299 e. The summed E-state index contributed by atoms with van der Waals surface area (Å²) in [6.45, 7) is 14.0. The Hall–Kier alpha value is -0.0231. The van der Waals surface area contributed by atoms with E-state index in [1.165, 1.54) is 24.2 Å². The minimum Gasteiger partial charge on any atom is -0.299 e. The third-order valence-corrected chi connectivity index (χ3v) is 13.2. The first-order valence-corrected chi connectivity index (χ1v) is 12.1. The molecule has 20 heavy (non-hydrogen) atoms. The lowest BCUT2D eigenvalue weighted by Crippen LogP contribution is -2.58. The standard InChI is InChI=1S/C17H30OSSi/c1-12(18)17-11-9-8-10-13(17)14(15(17)19-5)20(6,7)16(2,3)4/h13H,8-11H2,1-7H3/t13-,17+/m0/s1. The third-order valence-electron chi connectivity index (χ3n) is 6.29. The Balaban J connectivity index is 2.57. The number of carbonyl (C=O) groups is 1. The van der Waals surface area contributed by atoms with Crippen molar-refractivity contribution in [2.45, 2.75) is 71.5 Å². The van der Waals surface area contributed by atoms with E-state index in [9.17, 15) is 4.79 Å². The first-order chi connectivity index (χ1) is 9.10. The van der Waals surface area contributed by atoms with Gasteiger partial charge in [0.1, 0.15) is 5.78 Å². The molecule has 1 fully saturated rings. The van der Waals surface area contributed by atoms with Crippen LogP contribution in [0, 0.1) is 11.3 Å². The molecular weight excluding hydrogens is 280 g/mol. The Morgan fingerprint density at radius 1 is 1.30 bits per heavy atom. The second-order valence-electron chi connectivity index (χ2n) is 8.15. The van der Waals surface area contributed by atoms with Gasteiger partial charge in [-0.15, -0.1) is 11.8 Å². The van der Waals surface area contributed by atoms with Crippen LogP contribution < -0.4 is 0 Å². The van der Waals surface area contributed by atoms with Gasteiger partial charge in [-0.05, 0) is 41.9 Å². The van der Waals surface area contributed by atoms with Crippen molar-refractivity contribution in [3.05, 3.63) is 10.1 Å². The SMILES string of the molecule is CSC1=C([Si](C)(C)C(C)(C)C)[C@@H]2CCCC[C@]12C(C)=O. The summed E-state index contributed by atoms with van der Waals surface area (Å²) < 4.78 is 0. The number of Topliss-reactive ketones (excluding diaryl/α,β-unsaturated/α-hetero) is 1. The molecule has 1 saturated carbocycles. The van der Waals surface area contributed by atoms with Crippen LogP contribution in [0.4, 0.5) is 0 Å². The molecule has 2 aliphatic rings. The van der Waals surface area contributed by atoms with Gasteiger partial charge in [-0.3, -0.25) is 4.79 Å². The summed E-state index contributed by atoms with van der Waals surface area (Å²) >= 11 is 1.87. The predicted octanol–water partition coefficient (Wildman–Crippen LogP) is 5.43. The second kappa shape index (κ2) is 5.01. The molecule has 2 aliphatic carbocycles. The van der Waals surface area contributed by atoms with Gasteiger partial charge in [0, 0.05) is 0 Å². The van der Waals surface area contributed by atoms with Gasteiger partial charge in [0.05, 0.1) is 13.5 Å². The molecule has 0 aromatic rings. The maximum absolute atomic E-state index is 12.4. The summed E-state index contributed by atoms with van der Waals surface area (Å²) in [5.74, 6) is 0.992. The van der Waals surface area contributed by atoms with E-state index in [2.05, 4.69) is 40.1 Å². The first kappa shape index (κ1) is 16.3. The van der Waals surface area contributed by atoms with Gasteiger partial charge in [-0.25, -0.2) is 0 Å². The van der Waals surface area contributed by atoms with Crippen molar-refractivity contribution in [2.24, 2.45) is 11.3 Å². The molecule has 114 valence electrons. The summed E-state index contributed by atoms with van der Waals surface area (Å²) in [5.41, 5.74) is -0.0808. The Kier molecular flexibility index (Phi) is 4.10. The molecular formula is C17H30OSSi. The molecule has 0 aromatic carbocycles. The fourth-order valence-electron chi connectivity index (χ4n) is 4.15. The zero-order valence-electron chi connectivity index (χ0n) is 14.2. The number of fused-ring (bicyclic) bond motifs is 1. The van der Waals surface area contributed by atoms with Gasteiger partial charge in [-0.2, -0.15) is 0 Å². The zero-order chi connectivity index (χ0) is 15.3. The highest BCUT2D eigenvalue weighted by Crippen LogP contribution is 2.66. The molecule has 3 heteroatoms. The molecule has 0 aromatic heterocycles. The average molecular weight is 311 g/mol. The molecule has 0 radical (unpaired) electrons. The molecule has 0 N–H and O–H groups in total. The smallest absolute Gasteiger partial charge is 0.141 e. The lowest BCUT2D eigenvalue weighted by molar-refractivity contribution is -0.129. The molecule has 0 bridgehead atoms. The van der Waals surface area contributed by atoms with Crippen molar-refractivity contribution >= 4 is 25.6 Å². The fourth-order valence-corrected chi connectivity index (χ4v) is 9.20. The van der Waals surface area contributed by atoms with Crippen LogP contribution in [0.3, 0.4) is 0 Å². The number of rotatable bonds is 3. The highest BCUT2D eigenvalue weighted by Gasteiger charge is 2.61. The van der Waals surface area contributed by atoms with Crippen LogP contribution in [0.5, 0.6) is 0 Å². The van der Waals surface area contributed by atoms with Gasteiger partial charge in [-0.1, -0.05) is 51.9 Å². The van der Waals surface area contributed by atoms with Crippen LogP contribution in [0.25, 0.3) is 0 Å². The summed E-state index contributed by atoms with van der Waals surface area (Å²) in [4.78, 5) is 13.9. The van der Waals surface area contributed by atoms with E-state index in [1.807, 2.05) is 18.7 Å². The second-order valence-corrected chi connectivity index (χ2v) is 14.3. The van der Waals surface area contributed by atoms with Crippen molar-refractivity contribution in [3.63, 3.8) is 0 Å². The van der Waals surface area contributed by atoms with E-state index >= 15 is 0 Å². The Morgan fingerprint density at radius 2 is 1.90 bits per heavy atom. The van der Waals surface area contributed by atoms with Gasteiger partial charge < -0.3 is 0 Å². The minimum atomic E-state index is -1.50. The maximum Gasteiger partial charge on any atom is 0.141 e. The van der Waals surface area contributed by atoms with Crippen LogP contribution in [-0.2, 0) is 4.79 Å². The number of allylic oxidation sites excluding steroid dienone is 2. The van der Waals surface area contributed by atoms with E-state index in [0.717, 1.165) is 6.42 Å². The van der Waals surface area contributed by atoms with E-state index in [1.54, 1.807) is 5.20 Å². The normalized spacial score (nSPS) is 30.9. The van der Waals surface area contributed by atoms with Gasteiger partial charge >= 0.3 is 0 Å². The lowest BCUT2D eigenvalue weighted by Gasteiger charge is -2.59. The number of ketones is 1. The number of thioether (sulfide) groups is 1. The van der Waals surface area contributed by atoms with E-state index in [-0.39, 0.29) is 5.41 Å². The molecule has 0 unspecified atom stereocenters. The number of hydrogen-bond donors (Lipinski definition) is 0. The number of carbonyl (C=O) groups excluding carboxylic acids is 1. The van der Waals surface area contributed by atoms with Crippen molar-refractivity contribution < 1.29 is 4.79 Å². The van der Waals surface area contributed by atoms with Crippen LogP contribution in [0.2, 0.25) is 18.1 Å². The van der Waals surface area contributed by atoms with Gasteiger partial charge in [0.15, 0.2) is 0 Å². The van der Waals surface area contributed by atoms with Crippen LogP contribution in [0.15, 0.2) is 10.1 Å². The van der Waals surface area contributed by atoms with Gasteiger partial charge in [0.25, 0.3) is 0 Å². The van der Waals surface area contributed by atoms with Crippen LogP contribution in [-0.4, -0.2) is 20.1 Å². The average Bonchev–Trinajstić information content (AvgIpc) is 2.28. The Morgan fingerprint density at radius 3 is 2.35 bits per heavy atom. The van der Waals surface area contributed by atoms with E-state index in [0.29, 0.717) is 16.7 Å². The molecule has 0 aliphatic heterocycles. The topological polar surface area (TPSA) is 17.1 Å². The van der Waals surface area contributed by atoms with Crippen molar-refractivity contribution in [1.82, 2.24) is 0 Å². The number of hydrogen-bond acceptors (Lipinski definition) is 2. The zero-order valence-corrected chi connectivity index (χ0v) is 16.0. The van der Waals surface area contributed by atoms with E-state index in [4.69, 9.17) is 0 Å². The molecule has 2 rings (SSSR count). The fraction of sp³-hybridized carbons (Fsp3) is 0.824. The molecule has 0 spiro atoms. The highest BCUT2D eigenvalue weighted by molar-refractivity contribution is 8.02. The summed E-state index contributed by atoms with van der Waals surface area (Å²) in [5, 5.41) is 2.09. The van der Waals surface area contributed by atoms with Gasteiger partial charge in [0.2, 0.25) is 0 Å². The van der Waals surface area contributed by atoms with E-state index < -0.39 is 8.07 Å². The Labute approximate surface area is 130 Å². The molecule has 1 nitrogen and oxygen atoms in total. The van der Waals surface area contributed by atoms with Crippen LogP contribution >= 0.6 is 11.8 Å². The minimum absolute atomic E-state index is 0.0808. The molecule has 0 heterocycles. The first-order valence-electron chi connectivity index (χ1n) is 7.91. The molecule has 2 atom stereocenters. The predicted molar refractivity (Wildman–Crippen MR) is 92.8 cm³/mol. The monoisotopic (exact) mass is 310 g/mol. The third kappa shape index (κ3) is 1.99. The van der Waals surface area contributed by atoms with Crippen LogP contribution in [0.1, 0.15) is 53.4 Å². The summed E-state index contributed by atoms with van der Waals surface area (Å²) in [6.07, 6.45) is 7.05. The highest BCUT2D eigenvalue weighted by atomic mass is 32.2. The van der Waals surface area contributed by atoms with Crippen molar-refractivity contribution in [3.8, 4) is 0 Å². The Bertz CT molecular complexity index is 458. The quantitative estimate of drug-likeness (QED) is 0.646.